The van der Waals surface area contributed by atoms with Crippen LogP contribution in [0, 0.1) is 11.8 Å². The molecule has 0 atom stereocenters. The Morgan fingerprint density at radius 2 is 1.88 bits per heavy atom. The first-order valence-corrected chi connectivity index (χ1v) is 3.50. The van der Waals surface area contributed by atoms with E-state index in [2.05, 4.69) is 27.2 Å². The van der Waals surface area contributed by atoms with Crippen molar-refractivity contribution in [2.75, 3.05) is 5.88 Å². The zero-order valence-electron chi connectivity index (χ0n) is 5.87. The molecule has 0 aliphatic rings. The Balaban J connectivity index is 3.11. The van der Waals surface area contributed by atoms with Crippen LogP contribution < -0.4 is 0 Å². The van der Waals surface area contributed by atoms with Crippen LogP contribution in [0.1, 0.15) is 27.2 Å². The second-order valence-electron chi connectivity index (χ2n) is 3.05. The molecular formula is C7H14Cl. The van der Waals surface area contributed by atoms with E-state index in [-0.39, 0.29) is 0 Å². The van der Waals surface area contributed by atoms with Gasteiger partial charge in [-0.15, -0.1) is 11.6 Å². The van der Waals surface area contributed by atoms with Gasteiger partial charge in [-0.25, -0.2) is 0 Å². The summed E-state index contributed by atoms with van der Waals surface area (Å²) in [6.45, 7) is 6.54. The summed E-state index contributed by atoms with van der Waals surface area (Å²) >= 11 is 5.48. The second-order valence-corrected chi connectivity index (χ2v) is 3.43. The second kappa shape index (κ2) is 3.34. The van der Waals surface area contributed by atoms with E-state index in [1.165, 1.54) is 0 Å². The summed E-state index contributed by atoms with van der Waals surface area (Å²) in [5.41, 5.74) is 0.342. The van der Waals surface area contributed by atoms with Gasteiger partial charge in [0.2, 0.25) is 0 Å². The van der Waals surface area contributed by atoms with Crippen LogP contribution in [0.3, 0.4) is 0 Å². The summed E-state index contributed by atoms with van der Waals surface area (Å²) < 4.78 is 0. The minimum atomic E-state index is 0.342. The summed E-state index contributed by atoms with van der Waals surface area (Å²) in [5, 5.41) is 0. The topological polar surface area (TPSA) is 0 Å². The summed E-state index contributed by atoms with van der Waals surface area (Å²) in [4.78, 5) is 0. The van der Waals surface area contributed by atoms with Crippen molar-refractivity contribution < 1.29 is 0 Å². The Kier molecular flexibility index (Phi) is 3.46. The van der Waals surface area contributed by atoms with Crippen molar-refractivity contribution in [2.45, 2.75) is 27.2 Å². The fourth-order valence-corrected chi connectivity index (χ4v) is 0.597. The van der Waals surface area contributed by atoms with E-state index in [1.807, 2.05) is 0 Å². The van der Waals surface area contributed by atoms with Crippen molar-refractivity contribution in [3.8, 4) is 0 Å². The van der Waals surface area contributed by atoms with Crippen molar-refractivity contribution in [1.29, 1.82) is 0 Å². The van der Waals surface area contributed by atoms with Crippen LogP contribution in [-0.2, 0) is 0 Å². The molecule has 1 heteroatoms. The maximum Gasteiger partial charge on any atom is 0.0226 e. The molecule has 0 fully saturated rings. The molecule has 0 bridgehead atoms. The van der Waals surface area contributed by atoms with Gasteiger partial charge in [0.1, 0.15) is 0 Å². The van der Waals surface area contributed by atoms with Crippen LogP contribution >= 0.6 is 11.6 Å². The SMILES string of the molecule is CC(C)(C)[CH]CCCl. The van der Waals surface area contributed by atoms with Crippen molar-refractivity contribution in [3.63, 3.8) is 0 Å². The first-order valence-electron chi connectivity index (χ1n) is 2.96. The molecule has 0 aromatic rings. The van der Waals surface area contributed by atoms with E-state index in [1.54, 1.807) is 0 Å². The van der Waals surface area contributed by atoms with Gasteiger partial charge >= 0.3 is 0 Å². The lowest BCUT2D eigenvalue weighted by Crippen LogP contribution is -2.05. The van der Waals surface area contributed by atoms with Gasteiger partial charge in [0.15, 0.2) is 0 Å². The molecule has 49 valence electrons. The molecule has 0 saturated carbocycles. The van der Waals surface area contributed by atoms with Gasteiger partial charge < -0.3 is 0 Å². The van der Waals surface area contributed by atoms with Gasteiger partial charge in [-0.05, 0) is 18.3 Å². The molecule has 0 N–H and O–H groups in total. The van der Waals surface area contributed by atoms with Crippen LogP contribution in [0.5, 0.6) is 0 Å². The molecule has 0 aliphatic carbocycles. The summed E-state index contributed by atoms with van der Waals surface area (Å²) in [6.07, 6.45) is 3.26. The number of halogens is 1. The van der Waals surface area contributed by atoms with Gasteiger partial charge in [0, 0.05) is 5.88 Å². The molecule has 0 aliphatic heterocycles. The van der Waals surface area contributed by atoms with Gasteiger partial charge in [0.05, 0.1) is 0 Å². The van der Waals surface area contributed by atoms with Crippen molar-refractivity contribution in [1.82, 2.24) is 0 Å². The van der Waals surface area contributed by atoms with Crippen molar-refractivity contribution in [3.05, 3.63) is 6.42 Å². The molecule has 0 saturated heterocycles. The Labute approximate surface area is 57.2 Å². The molecule has 0 aromatic heterocycles. The predicted molar refractivity (Wildman–Crippen MR) is 39.1 cm³/mol. The van der Waals surface area contributed by atoms with Crippen molar-refractivity contribution in [2.24, 2.45) is 5.41 Å². The minimum absolute atomic E-state index is 0.342. The fraction of sp³-hybridized carbons (Fsp3) is 0.857. The third-order valence-electron chi connectivity index (χ3n) is 0.866. The smallest absolute Gasteiger partial charge is 0.0226 e. The lowest BCUT2D eigenvalue weighted by atomic mass is 9.91. The summed E-state index contributed by atoms with van der Waals surface area (Å²) in [6, 6.07) is 0. The molecule has 0 spiro atoms. The maximum atomic E-state index is 5.48. The highest BCUT2D eigenvalue weighted by Crippen LogP contribution is 2.18. The Morgan fingerprint density at radius 1 is 1.38 bits per heavy atom. The zero-order valence-corrected chi connectivity index (χ0v) is 6.63. The van der Waals surface area contributed by atoms with Crippen LogP contribution in [0.25, 0.3) is 0 Å². The molecule has 8 heavy (non-hydrogen) atoms. The largest absolute Gasteiger partial charge is 0.127 e. The molecule has 0 rings (SSSR count). The minimum Gasteiger partial charge on any atom is -0.127 e. The first-order chi connectivity index (χ1) is 3.56. The van der Waals surface area contributed by atoms with E-state index in [9.17, 15) is 0 Å². The highest BCUT2D eigenvalue weighted by molar-refractivity contribution is 6.17. The van der Waals surface area contributed by atoms with Crippen LogP contribution in [0.4, 0.5) is 0 Å². The molecule has 0 nitrogen and oxygen atoms in total. The predicted octanol–water partition coefficient (Wildman–Crippen LogP) is 2.87. The first kappa shape index (κ1) is 8.29. The van der Waals surface area contributed by atoms with Gasteiger partial charge in [-0.3, -0.25) is 0 Å². The lowest BCUT2D eigenvalue weighted by molar-refractivity contribution is 0.480. The van der Waals surface area contributed by atoms with Gasteiger partial charge in [0.25, 0.3) is 0 Å². The monoisotopic (exact) mass is 133 g/mol. The van der Waals surface area contributed by atoms with E-state index < -0.39 is 0 Å². The molecule has 0 heterocycles. The fourth-order valence-electron chi connectivity index (χ4n) is 0.488. The van der Waals surface area contributed by atoms with E-state index in [4.69, 9.17) is 11.6 Å². The van der Waals surface area contributed by atoms with Gasteiger partial charge in [-0.2, -0.15) is 0 Å². The third kappa shape index (κ3) is 6.29. The number of alkyl halides is 1. The Hall–Kier alpha value is 0.290. The number of rotatable bonds is 2. The molecule has 1 radical (unpaired) electrons. The lowest BCUT2D eigenvalue weighted by Gasteiger charge is -2.15. The molecular weight excluding hydrogens is 120 g/mol. The Bertz CT molecular complexity index is 51.9. The van der Waals surface area contributed by atoms with Crippen LogP contribution in [0.2, 0.25) is 0 Å². The standard InChI is InChI=1S/C7H14Cl/c1-7(2,3)5-4-6-8/h5H,4,6H2,1-3H3. The van der Waals surface area contributed by atoms with E-state index >= 15 is 0 Å². The quantitative estimate of drug-likeness (QED) is 0.509. The Morgan fingerprint density at radius 3 is 2.00 bits per heavy atom. The summed E-state index contributed by atoms with van der Waals surface area (Å²) in [5.74, 6) is 0.747. The highest BCUT2D eigenvalue weighted by atomic mass is 35.5. The molecule has 0 unspecified atom stereocenters. The highest BCUT2D eigenvalue weighted by Gasteiger charge is 2.08. The summed E-state index contributed by atoms with van der Waals surface area (Å²) in [7, 11) is 0. The molecule has 0 aromatic carbocycles. The average Bonchev–Trinajstić information content (AvgIpc) is 1.59. The maximum absolute atomic E-state index is 5.48. The third-order valence-corrected chi connectivity index (χ3v) is 1.08. The van der Waals surface area contributed by atoms with Crippen molar-refractivity contribution >= 4 is 11.6 Å². The van der Waals surface area contributed by atoms with Gasteiger partial charge in [-0.1, -0.05) is 20.8 Å². The zero-order chi connectivity index (χ0) is 6.62. The number of hydrogen-bond donors (Lipinski definition) is 0. The van der Waals surface area contributed by atoms with Crippen LogP contribution in [-0.4, -0.2) is 5.88 Å². The van der Waals surface area contributed by atoms with E-state index in [0.29, 0.717) is 5.41 Å². The normalized spacial score (nSPS) is 12.0. The molecule has 0 amide bonds. The number of hydrogen-bond acceptors (Lipinski definition) is 0. The van der Waals surface area contributed by atoms with E-state index in [0.717, 1.165) is 12.3 Å². The average molecular weight is 134 g/mol. The van der Waals surface area contributed by atoms with Crippen LogP contribution in [0.15, 0.2) is 0 Å².